The SMILES string of the molecule is O=C(Cc1ccc(-n2ccnc2)cc1)N1CCC(N2CCCCC2=O)CC1. The third-order valence-electron chi connectivity index (χ3n) is 5.71. The molecule has 2 fully saturated rings. The lowest BCUT2D eigenvalue weighted by Crippen LogP contribution is -2.50. The normalized spacial score (nSPS) is 18.7. The van der Waals surface area contributed by atoms with Crippen molar-refractivity contribution in [2.75, 3.05) is 19.6 Å². The number of hydrogen-bond acceptors (Lipinski definition) is 3. The Morgan fingerprint density at radius 2 is 1.85 bits per heavy atom. The first-order valence-corrected chi connectivity index (χ1v) is 9.85. The number of amides is 2. The van der Waals surface area contributed by atoms with Crippen LogP contribution < -0.4 is 0 Å². The zero-order valence-electron chi connectivity index (χ0n) is 15.6. The maximum absolute atomic E-state index is 12.7. The number of carbonyl (C=O) groups excluding carboxylic acids is 2. The van der Waals surface area contributed by atoms with E-state index in [9.17, 15) is 9.59 Å². The van der Waals surface area contributed by atoms with Gasteiger partial charge in [0.25, 0.3) is 0 Å². The van der Waals surface area contributed by atoms with Crippen molar-refractivity contribution in [3.05, 3.63) is 48.5 Å². The van der Waals surface area contributed by atoms with Gasteiger partial charge in [-0.1, -0.05) is 12.1 Å². The van der Waals surface area contributed by atoms with Crippen molar-refractivity contribution in [1.29, 1.82) is 0 Å². The molecule has 2 aromatic rings. The fourth-order valence-electron chi connectivity index (χ4n) is 4.12. The molecule has 0 saturated carbocycles. The van der Waals surface area contributed by atoms with Crippen LogP contribution in [0.25, 0.3) is 5.69 Å². The standard InChI is InChI=1S/C21H26N4O2/c26-20-3-1-2-11-25(20)19-8-12-23(13-9-19)21(27)15-17-4-6-18(7-5-17)24-14-10-22-16-24/h4-7,10,14,16,19H,1-3,8-9,11-13,15H2. The highest BCUT2D eigenvalue weighted by Crippen LogP contribution is 2.22. The second kappa shape index (κ2) is 7.94. The Balaban J connectivity index is 1.30. The van der Waals surface area contributed by atoms with Crippen LogP contribution >= 0.6 is 0 Å². The molecule has 2 aliphatic heterocycles. The molecule has 0 spiro atoms. The molecule has 2 amide bonds. The van der Waals surface area contributed by atoms with Crippen molar-refractivity contribution in [3.63, 3.8) is 0 Å². The molecule has 1 aromatic heterocycles. The predicted octanol–water partition coefficient (Wildman–Crippen LogP) is 2.42. The average Bonchev–Trinajstić information content (AvgIpc) is 3.24. The van der Waals surface area contributed by atoms with E-state index in [1.165, 1.54) is 0 Å². The molecule has 0 aliphatic carbocycles. The van der Waals surface area contributed by atoms with Crippen LogP contribution in [0.15, 0.2) is 43.0 Å². The highest BCUT2D eigenvalue weighted by atomic mass is 16.2. The van der Waals surface area contributed by atoms with E-state index in [0.717, 1.165) is 56.6 Å². The van der Waals surface area contributed by atoms with Crippen molar-refractivity contribution in [2.45, 2.75) is 44.6 Å². The van der Waals surface area contributed by atoms with Crippen molar-refractivity contribution < 1.29 is 9.59 Å². The summed E-state index contributed by atoms with van der Waals surface area (Å²) in [6.45, 7) is 2.39. The van der Waals surface area contributed by atoms with Crippen LogP contribution in [0.1, 0.15) is 37.7 Å². The van der Waals surface area contributed by atoms with Gasteiger partial charge in [-0.15, -0.1) is 0 Å². The van der Waals surface area contributed by atoms with Crippen molar-refractivity contribution in [2.24, 2.45) is 0 Å². The lowest BCUT2D eigenvalue weighted by atomic mass is 9.99. The minimum atomic E-state index is 0.175. The number of hydrogen-bond donors (Lipinski definition) is 0. The third kappa shape index (κ3) is 4.04. The number of nitrogens with zero attached hydrogens (tertiary/aromatic N) is 4. The van der Waals surface area contributed by atoms with Gasteiger partial charge in [0, 0.05) is 50.2 Å². The van der Waals surface area contributed by atoms with Gasteiger partial charge in [0.2, 0.25) is 11.8 Å². The Bertz CT molecular complexity index is 777. The van der Waals surface area contributed by atoms with E-state index in [1.54, 1.807) is 12.5 Å². The van der Waals surface area contributed by atoms with Gasteiger partial charge in [0.05, 0.1) is 12.7 Å². The summed E-state index contributed by atoms with van der Waals surface area (Å²) >= 11 is 0. The fourth-order valence-corrected chi connectivity index (χ4v) is 4.12. The van der Waals surface area contributed by atoms with Crippen LogP contribution in [0.4, 0.5) is 0 Å². The highest BCUT2D eigenvalue weighted by molar-refractivity contribution is 5.79. The summed E-state index contributed by atoms with van der Waals surface area (Å²) in [5.74, 6) is 0.470. The number of imidazole rings is 1. The van der Waals surface area contributed by atoms with Crippen LogP contribution in [0, 0.1) is 0 Å². The van der Waals surface area contributed by atoms with Crippen molar-refractivity contribution >= 4 is 11.8 Å². The molecule has 0 radical (unpaired) electrons. The van der Waals surface area contributed by atoms with Gasteiger partial charge in [0.1, 0.15) is 0 Å². The topological polar surface area (TPSA) is 58.4 Å². The van der Waals surface area contributed by atoms with E-state index in [0.29, 0.717) is 24.8 Å². The zero-order chi connectivity index (χ0) is 18.6. The predicted molar refractivity (Wildman–Crippen MR) is 102 cm³/mol. The fraction of sp³-hybridized carbons (Fsp3) is 0.476. The molecule has 6 heteroatoms. The first-order valence-electron chi connectivity index (χ1n) is 9.85. The number of carbonyl (C=O) groups is 2. The summed E-state index contributed by atoms with van der Waals surface area (Å²) in [5.41, 5.74) is 2.06. The third-order valence-corrected chi connectivity index (χ3v) is 5.71. The first-order chi connectivity index (χ1) is 13.2. The highest BCUT2D eigenvalue weighted by Gasteiger charge is 2.30. The van der Waals surface area contributed by atoms with Gasteiger partial charge in [-0.25, -0.2) is 4.98 Å². The van der Waals surface area contributed by atoms with Gasteiger partial charge >= 0.3 is 0 Å². The van der Waals surface area contributed by atoms with E-state index in [2.05, 4.69) is 9.88 Å². The largest absolute Gasteiger partial charge is 0.342 e. The molecule has 0 N–H and O–H groups in total. The molecular formula is C21H26N4O2. The molecule has 2 saturated heterocycles. The number of piperidine rings is 2. The van der Waals surface area contributed by atoms with Gasteiger partial charge < -0.3 is 14.4 Å². The van der Waals surface area contributed by atoms with Gasteiger partial charge in [-0.05, 0) is 43.4 Å². The minimum absolute atomic E-state index is 0.175. The molecule has 0 atom stereocenters. The molecule has 3 heterocycles. The zero-order valence-corrected chi connectivity index (χ0v) is 15.6. The molecule has 0 unspecified atom stereocenters. The summed E-state index contributed by atoms with van der Waals surface area (Å²) in [7, 11) is 0. The summed E-state index contributed by atoms with van der Waals surface area (Å²) < 4.78 is 1.94. The van der Waals surface area contributed by atoms with Gasteiger partial charge in [-0.2, -0.15) is 0 Å². The quantitative estimate of drug-likeness (QED) is 0.835. The van der Waals surface area contributed by atoms with Gasteiger partial charge in [0.15, 0.2) is 0 Å². The maximum Gasteiger partial charge on any atom is 0.226 e. The average molecular weight is 366 g/mol. The summed E-state index contributed by atoms with van der Waals surface area (Å²) in [6, 6.07) is 8.35. The molecule has 4 rings (SSSR count). The summed E-state index contributed by atoms with van der Waals surface area (Å²) in [6.07, 6.45) is 10.5. The Hall–Kier alpha value is -2.63. The second-order valence-corrected chi connectivity index (χ2v) is 7.47. The second-order valence-electron chi connectivity index (χ2n) is 7.47. The number of likely N-dealkylation sites (tertiary alicyclic amines) is 2. The Morgan fingerprint density at radius 3 is 2.52 bits per heavy atom. The molecule has 2 aliphatic rings. The number of aromatic nitrogens is 2. The van der Waals surface area contributed by atoms with Crippen LogP contribution in [0.5, 0.6) is 0 Å². The molecule has 6 nitrogen and oxygen atoms in total. The van der Waals surface area contributed by atoms with Crippen LogP contribution in [-0.4, -0.2) is 56.8 Å². The monoisotopic (exact) mass is 366 g/mol. The lowest BCUT2D eigenvalue weighted by Gasteiger charge is -2.40. The van der Waals surface area contributed by atoms with E-state index in [-0.39, 0.29) is 5.91 Å². The van der Waals surface area contributed by atoms with Gasteiger partial charge in [-0.3, -0.25) is 9.59 Å². The number of benzene rings is 1. The molecule has 1 aromatic carbocycles. The lowest BCUT2D eigenvalue weighted by molar-refractivity contribution is -0.138. The molecule has 27 heavy (non-hydrogen) atoms. The smallest absolute Gasteiger partial charge is 0.226 e. The van der Waals surface area contributed by atoms with E-state index < -0.39 is 0 Å². The van der Waals surface area contributed by atoms with Crippen LogP contribution in [0.3, 0.4) is 0 Å². The van der Waals surface area contributed by atoms with Crippen molar-refractivity contribution in [1.82, 2.24) is 19.4 Å². The maximum atomic E-state index is 12.7. The molecule has 142 valence electrons. The van der Waals surface area contributed by atoms with Crippen molar-refractivity contribution in [3.8, 4) is 5.69 Å². The Morgan fingerprint density at radius 1 is 1.07 bits per heavy atom. The number of rotatable bonds is 4. The van der Waals surface area contributed by atoms with E-state index in [1.807, 2.05) is 39.9 Å². The summed E-state index contributed by atoms with van der Waals surface area (Å²) in [5, 5.41) is 0. The van der Waals surface area contributed by atoms with Crippen LogP contribution in [-0.2, 0) is 16.0 Å². The van der Waals surface area contributed by atoms with E-state index in [4.69, 9.17) is 0 Å². The van der Waals surface area contributed by atoms with Crippen LogP contribution in [0.2, 0.25) is 0 Å². The van der Waals surface area contributed by atoms with E-state index >= 15 is 0 Å². The Kier molecular flexibility index (Phi) is 5.23. The Labute approximate surface area is 159 Å². The molecule has 0 bridgehead atoms. The summed E-state index contributed by atoms with van der Waals surface area (Å²) in [4.78, 5) is 32.8. The first kappa shape index (κ1) is 17.8. The molecular weight excluding hydrogens is 340 g/mol. The minimum Gasteiger partial charge on any atom is -0.342 e.